The van der Waals surface area contributed by atoms with Crippen LogP contribution in [0.4, 0.5) is 5.82 Å². The van der Waals surface area contributed by atoms with Gasteiger partial charge >= 0.3 is 0 Å². The predicted molar refractivity (Wildman–Crippen MR) is 117 cm³/mol. The summed E-state index contributed by atoms with van der Waals surface area (Å²) in [4.78, 5) is 33.9. The van der Waals surface area contributed by atoms with Gasteiger partial charge in [-0.3, -0.25) is 9.59 Å². The van der Waals surface area contributed by atoms with E-state index in [4.69, 9.17) is 4.74 Å². The second kappa shape index (κ2) is 8.77. The molecule has 0 aliphatic carbocycles. The fraction of sp³-hybridized carbons (Fsp3) is 0.261. The van der Waals surface area contributed by atoms with Gasteiger partial charge in [0.15, 0.2) is 0 Å². The SMILES string of the molecule is COCCN1C(=O)c2ccccc2[C@H](C(=O)Nc2ccc(C)cn2)[C@@H]1c1cccs1. The third-order valence-corrected chi connectivity index (χ3v) is 6.20. The fourth-order valence-corrected chi connectivity index (χ4v) is 4.71. The molecule has 30 heavy (non-hydrogen) atoms. The van der Waals surface area contributed by atoms with Gasteiger partial charge < -0.3 is 15.0 Å². The second-order valence-corrected chi connectivity index (χ2v) is 8.21. The molecule has 1 aliphatic rings. The van der Waals surface area contributed by atoms with Crippen molar-refractivity contribution in [1.29, 1.82) is 0 Å². The van der Waals surface area contributed by atoms with E-state index in [0.29, 0.717) is 24.5 Å². The van der Waals surface area contributed by atoms with E-state index in [-0.39, 0.29) is 11.8 Å². The Balaban J connectivity index is 1.78. The lowest BCUT2D eigenvalue weighted by Gasteiger charge is -2.41. The number of thiophene rings is 1. The average Bonchev–Trinajstić information content (AvgIpc) is 3.29. The van der Waals surface area contributed by atoms with Crippen LogP contribution in [0.5, 0.6) is 0 Å². The minimum atomic E-state index is -0.558. The molecule has 1 N–H and O–H groups in total. The zero-order valence-electron chi connectivity index (χ0n) is 16.9. The van der Waals surface area contributed by atoms with E-state index < -0.39 is 12.0 Å². The zero-order chi connectivity index (χ0) is 21.1. The lowest BCUT2D eigenvalue weighted by Crippen LogP contribution is -2.47. The van der Waals surface area contributed by atoms with Gasteiger partial charge in [-0.1, -0.05) is 30.3 Å². The molecule has 0 saturated carbocycles. The van der Waals surface area contributed by atoms with Gasteiger partial charge in [-0.2, -0.15) is 0 Å². The molecule has 0 radical (unpaired) electrons. The highest BCUT2D eigenvalue weighted by atomic mass is 32.1. The molecule has 6 nitrogen and oxygen atoms in total. The number of aromatic nitrogens is 1. The number of methoxy groups -OCH3 is 1. The first-order valence-corrected chi connectivity index (χ1v) is 10.6. The first-order valence-electron chi connectivity index (χ1n) is 9.76. The van der Waals surface area contributed by atoms with Crippen LogP contribution in [0, 0.1) is 6.92 Å². The number of hydrogen-bond donors (Lipinski definition) is 1. The Kier molecular flexibility index (Phi) is 5.92. The molecule has 0 bridgehead atoms. The van der Waals surface area contributed by atoms with Crippen LogP contribution in [0.15, 0.2) is 60.1 Å². The Morgan fingerprint density at radius 1 is 1.20 bits per heavy atom. The molecule has 0 unspecified atom stereocenters. The van der Waals surface area contributed by atoms with Crippen LogP contribution in [0.1, 0.15) is 38.3 Å². The van der Waals surface area contributed by atoms with E-state index in [2.05, 4.69) is 10.3 Å². The van der Waals surface area contributed by atoms with E-state index in [1.807, 2.05) is 48.7 Å². The van der Waals surface area contributed by atoms with E-state index in [0.717, 1.165) is 16.0 Å². The van der Waals surface area contributed by atoms with Gasteiger partial charge in [-0.25, -0.2) is 4.98 Å². The largest absolute Gasteiger partial charge is 0.383 e. The van der Waals surface area contributed by atoms with Crippen LogP contribution in [0.2, 0.25) is 0 Å². The maximum atomic E-state index is 13.5. The Bertz CT molecular complexity index is 1030. The van der Waals surface area contributed by atoms with Crippen molar-refractivity contribution in [3.05, 3.63) is 81.7 Å². The summed E-state index contributed by atoms with van der Waals surface area (Å²) in [6.07, 6.45) is 1.72. The highest BCUT2D eigenvalue weighted by Crippen LogP contribution is 2.44. The molecule has 0 fully saturated rings. The van der Waals surface area contributed by atoms with Gasteiger partial charge in [0.1, 0.15) is 5.82 Å². The van der Waals surface area contributed by atoms with Gasteiger partial charge in [0, 0.05) is 30.3 Å². The molecule has 1 aromatic carbocycles. The third kappa shape index (κ3) is 3.86. The minimum Gasteiger partial charge on any atom is -0.383 e. The molecule has 154 valence electrons. The number of pyridine rings is 1. The maximum Gasteiger partial charge on any atom is 0.254 e. The van der Waals surface area contributed by atoms with E-state index in [1.54, 1.807) is 41.7 Å². The van der Waals surface area contributed by atoms with Gasteiger partial charge in [0.2, 0.25) is 5.91 Å². The van der Waals surface area contributed by atoms with Gasteiger partial charge in [0.05, 0.1) is 18.6 Å². The zero-order valence-corrected chi connectivity index (χ0v) is 17.7. The predicted octanol–water partition coefficient (Wildman–Crippen LogP) is 4.02. The monoisotopic (exact) mass is 421 g/mol. The van der Waals surface area contributed by atoms with Crippen LogP contribution in [0.25, 0.3) is 0 Å². The minimum absolute atomic E-state index is 0.0847. The van der Waals surface area contributed by atoms with Gasteiger partial charge in [-0.15, -0.1) is 11.3 Å². The van der Waals surface area contributed by atoms with Crippen LogP contribution in [-0.4, -0.2) is 42.0 Å². The first-order chi connectivity index (χ1) is 14.6. The molecule has 0 saturated heterocycles. The highest BCUT2D eigenvalue weighted by molar-refractivity contribution is 7.10. The van der Waals surface area contributed by atoms with Crippen LogP contribution >= 0.6 is 11.3 Å². The summed E-state index contributed by atoms with van der Waals surface area (Å²) in [7, 11) is 1.61. The normalized spacial score (nSPS) is 18.2. The number of anilines is 1. The number of nitrogens with one attached hydrogen (secondary N) is 1. The van der Waals surface area contributed by atoms with Crippen molar-refractivity contribution in [2.75, 3.05) is 25.6 Å². The summed E-state index contributed by atoms with van der Waals surface area (Å²) in [6.45, 7) is 2.74. The van der Waals surface area contributed by atoms with Gasteiger partial charge in [0.25, 0.3) is 5.91 Å². The number of ether oxygens (including phenoxy) is 1. The number of hydrogen-bond acceptors (Lipinski definition) is 5. The smallest absolute Gasteiger partial charge is 0.254 e. The fourth-order valence-electron chi connectivity index (χ4n) is 3.83. The number of rotatable bonds is 6. The van der Waals surface area contributed by atoms with E-state index >= 15 is 0 Å². The molecular formula is C23H23N3O3S. The van der Waals surface area contributed by atoms with Crippen molar-refractivity contribution in [2.45, 2.75) is 18.9 Å². The summed E-state index contributed by atoms with van der Waals surface area (Å²) in [6, 6.07) is 14.5. The summed E-state index contributed by atoms with van der Waals surface area (Å²) >= 11 is 1.54. The summed E-state index contributed by atoms with van der Waals surface area (Å²) < 4.78 is 5.25. The van der Waals surface area contributed by atoms with Crippen molar-refractivity contribution in [3.8, 4) is 0 Å². The number of carbonyl (C=O) groups excluding carboxylic acids is 2. The average molecular weight is 422 g/mol. The van der Waals surface area contributed by atoms with Gasteiger partial charge in [-0.05, 0) is 41.6 Å². The van der Waals surface area contributed by atoms with E-state index in [1.165, 1.54) is 0 Å². The first kappa shape index (κ1) is 20.3. The van der Waals surface area contributed by atoms with Crippen LogP contribution < -0.4 is 5.32 Å². The van der Waals surface area contributed by atoms with Crippen molar-refractivity contribution in [3.63, 3.8) is 0 Å². The molecule has 4 rings (SSSR count). The molecule has 3 heterocycles. The Morgan fingerprint density at radius 3 is 2.73 bits per heavy atom. The quantitative estimate of drug-likeness (QED) is 0.653. The standard InChI is InChI=1S/C23H23N3O3S/c1-15-9-10-19(24-14-15)25-22(27)20-16-6-3-4-7-17(16)23(28)26(11-12-29-2)21(20)18-8-5-13-30-18/h3-10,13-14,20-21H,11-12H2,1-2H3,(H,24,25,27)/t20-,21-/m0/s1. The molecular weight excluding hydrogens is 398 g/mol. The number of benzene rings is 1. The molecule has 2 atom stereocenters. The molecule has 7 heteroatoms. The lowest BCUT2D eigenvalue weighted by atomic mass is 9.81. The van der Waals surface area contributed by atoms with E-state index in [9.17, 15) is 9.59 Å². The Morgan fingerprint density at radius 2 is 2.03 bits per heavy atom. The molecule has 0 spiro atoms. The summed E-state index contributed by atoms with van der Waals surface area (Å²) in [5.41, 5.74) is 2.31. The molecule has 2 amide bonds. The Hall–Kier alpha value is -3.03. The number of carbonyl (C=O) groups is 2. The highest BCUT2D eigenvalue weighted by Gasteiger charge is 2.44. The molecule has 3 aromatic rings. The molecule has 2 aromatic heterocycles. The summed E-state index contributed by atoms with van der Waals surface area (Å²) in [5.74, 6) is -0.337. The number of fused-ring (bicyclic) bond motifs is 1. The molecule has 1 aliphatic heterocycles. The summed E-state index contributed by atoms with van der Waals surface area (Å²) in [5, 5.41) is 4.91. The number of amides is 2. The lowest BCUT2D eigenvalue weighted by molar-refractivity contribution is -0.119. The number of aryl methyl sites for hydroxylation is 1. The topological polar surface area (TPSA) is 71.5 Å². The second-order valence-electron chi connectivity index (χ2n) is 7.23. The van der Waals surface area contributed by atoms with Crippen molar-refractivity contribution in [2.24, 2.45) is 0 Å². The number of nitrogens with zero attached hydrogens (tertiary/aromatic N) is 2. The van der Waals surface area contributed by atoms with Crippen molar-refractivity contribution < 1.29 is 14.3 Å². The maximum absolute atomic E-state index is 13.5. The van der Waals surface area contributed by atoms with Crippen LogP contribution in [0.3, 0.4) is 0 Å². The van der Waals surface area contributed by atoms with Crippen molar-refractivity contribution >= 4 is 29.0 Å². The van der Waals surface area contributed by atoms with Crippen LogP contribution in [-0.2, 0) is 9.53 Å². The Labute approximate surface area is 179 Å². The third-order valence-electron chi connectivity index (χ3n) is 5.25. The van der Waals surface area contributed by atoms with Crippen molar-refractivity contribution in [1.82, 2.24) is 9.88 Å².